The molecule has 4 rings (SSSR count). The second-order valence-corrected chi connectivity index (χ2v) is 15.0. The minimum atomic E-state index is -1.21. The van der Waals surface area contributed by atoms with Gasteiger partial charge in [-0.3, -0.25) is 14.7 Å². The van der Waals surface area contributed by atoms with Crippen LogP contribution in [0.25, 0.3) is 16.8 Å². The van der Waals surface area contributed by atoms with Gasteiger partial charge in [0.2, 0.25) is 0 Å². The topological polar surface area (TPSA) is 60.2 Å². The number of carbonyl (C=O) groups is 1. The lowest BCUT2D eigenvalue weighted by atomic mass is 9.98. The number of carbonyl (C=O) groups excluding carboxylic acids is 1. The second kappa shape index (κ2) is 9.80. The summed E-state index contributed by atoms with van der Waals surface area (Å²) in [6, 6.07) is 13.3. The number of benzene rings is 1. The quantitative estimate of drug-likeness (QED) is 0.339. The van der Waals surface area contributed by atoms with E-state index in [0.717, 1.165) is 17.3 Å². The van der Waals surface area contributed by atoms with Gasteiger partial charge in [-0.15, -0.1) is 0 Å². The minimum absolute atomic E-state index is 0.191. The highest BCUT2D eigenvalue weighted by Gasteiger charge is 2.26. The summed E-state index contributed by atoms with van der Waals surface area (Å²) in [6.07, 6.45) is 5.51. The van der Waals surface area contributed by atoms with Gasteiger partial charge in [0.1, 0.15) is 18.4 Å². The van der Waals surface area contributed by atoms with Crippen molar-refractivity contribution in [3.8, 4) is 11.3 Å². The van der Waals surface area contributed by atoms with Crippen molar-refractivity contribution in [3.63, 3.8) is 0 Å². The molecule has 0 bridgehead atoms. The van der Waals surface area contributed by atoms with Crippen molar-refractivity contribution in [2.24, 2.45) is 0 Å². The van der Waals surface area contributed by atoms with E-state index in [-0.39, 0.29) is 18.5 Å². The molecule has 1 aliphatic heterocycles. The van der Waals surface area contributed by atoms with E-state index >= 15 is 0 Å². The van der Waals surface area contributed by atoms with Crippen LogP contribution in [-0.4, -0.2) is 41.9 Å². The highest BCUT2D eigenvalue weighted by atomic mass is 28.3. The molecule has 33 heavy (non-hydrogen) atoms. The third kappa shape index (κ3) is 5.64. The molecule has 1 amide bonds. The van der Waals surface area contributed by atoms with Crippen LogP contribution >= 0.6 is 0 Å². The number of amides is 1. The fourth-order valence-electron chi connectivity index (χ4n) is 3.72. The first-order chi connectivity index (χ1) is 15.8. The number of hydrogen-bond acceptors (Lipinski definition) is 4. The maximum Gasteiger partial charge on any atom is 0.252 e. The fraction of sp³-hybridized carbons (Fsp3) is 0.320. The van der Waals surface area contributed by atoms with Gasteiger partial charge >= 0.3 is 0 Å². The van der Waals surface area contributed by atoms with Gasteiger partial charge in [-0.2, -0.15) is 5.10 Å². The van der Waals surface area contributed by atoms with Gasteiger partial charge in [-0.05, 0) is 36.2 Å². The molecule has 0 spiro atoms. The van der Waals surface area contributed by atoms with Gasteiger partial charge in [0.05, 0.1) is 5.69 Å². The Morgan fingerprint density at radius 3 is 2.58 bits per heavy atom. The molecule has 0 radical (unpaired) electrons. The third-order valence-corrected chi connectivity index (χ3v) is 7.31. The van der Waals surface area contributed by atoms with Crippen molar-refractivity contribution in [2.75, 3.05) is 18.1 Å². The lowest BCUT2D eigenvalue weighted by Gasteiger charge is -2.27. The minimum Gasteiger partial charge on any atom is -0.359 e. The molecule has 1 aromatic carbocycles. The molecule has 8 heteroatoms. The zero-order valence-corrected chi connectivity index (χ0v) is 20.3. The summed E-state index contributed by atoms with van der Waals surface area (Å²) in [6.45, 7) is 8.29. The van der Waals surface area contributed by atoms with Gasteiger partial charge in [0, 0.05) is 56.9 Å². The van der Waals surface area contributed by atoms with E-state index in [1.807, 2.05) is 18.2 Å². The number of pyridine rings is 1. The van der Waals surface area contributed by atoms with Crippen LogP contribution in [-0.2, 0) is 16.3 Å². The molecule has 0 fully saturated rings. The number of rotatable bonds is 8. The molecule has 3 aromatic rings. The van der Waals surface area contributed by atoms with E-state index in [0.29, 0.717) is 36.5 Å². The highest BCUT2D eigenvalue weighted by molar-refractivity contribution is 6.76. The van der Waals surface area contributed by atoms with E-state index in [4.69, 9.17) is 9.84 Å². The van der Waals surface area contributed by atoms with Crippen LogP contribution in [0.15, 0.2) is 60.9 Å². The predicted octanol–water partition coefficient (Wildman–Crippen LogP) is 5.22. The smallest absolute Gasteiger partial charge is 0.252 e. The highest BCUT2D eigenvalue weighted by Crippen LogP contribution is 2.30. The molecule has 0 aliphatic carbocycles. The van der Waals surface area contributed by atoms with Gasteiger partial charge < -0.3 is 4.74 Å². The van der Waals surface area contributed by atoms with Crippen LogP contribution in [0.4, 0.5) is 10.2 Å². The summed E-state index contributed by atoms with van der Waals surface area (Å²) in [5.74, 6) is 0.165. The van der Waals surface area contributed by atoms with Crippen LogP contribution in [0, 0.1) is 5.82 Å². The standard InChI is InChI=1S/C25H29FN4O2Si/c1-33(2,3)15-14-32-18-30-24(17-23(28-30)19-8-11-27-12-9-19)29-13-10-20(16-25(29)31)21-6-4-5-7-22(21)26/h4-9,11-12,16-17H,10,13-15,18H2,1-3H3. The number of anilines is 1. The Morgan fingerprint density at radius 2 is 1.88 bits per heavy atom. The SMILES string of the molecule is C[Si](C)(C)CCOCn1nc(-c2ccncc2)cc1N1CCC(c2ccccc2F)=CC1=O. The summed E-state index contributed by atoms with van der Waals surface area (Å²) in [7, 11) is -1.21. The second-order valence-electron chi connectivity index (χ2n) is 9.36. The summed E-state index contributed by atoms with van der Waals surface area (Å²) in [4.78, 5) is 18.8. The number of nitrogens with zero attached hydrogens (tertiary/aromatic N) is 4. The van der Waals surface area contributed by atoms with Crippen molar-refractivity contribution in [1.82, 2.24) is 14.8 Å². The van der Waals surface area contributed by atoms with Crippen molar-refractivity contribution in [3.05, 3.63) is 72.3 Å². The largest absolute Gasteiger partial charge is 0.359 e. The number of aromatic nitrogens is 3. The van der Waals surface area contributed by atoms with Crippen molar-refractivity contribution < 1.29 is 13.9 Å². The zero-order valence-electron chi connectivity index (χ0n) is 19.3. The van der Waals surface area contributed by atoms with Gasteiger partial charge in [-0.25, -0.2) is 9.07 Å². The van der Waals surface area contributed by atoms with Crippen LogP contribution in [0.2, 0.25) is 25.7 Å². The van der Waals surface area contributed by atoms with Gasteiger partial charge in [0.25, 0.3) is 5.91 Å². The van der Waals surface area contributed by atoms with Crippen LogP contribution in [0.5, 0.6) is 0 Å². The average molecular weight is 465 g/mol. The van der Waals surface area contributed by atoms with Crippen molar-refractivity contribution >= 4 is 25.4 Å². The number of halogens is 1. The Kier molecular flexibility index (Phi) is 6.85. The first-order valence-electron chi connectivity index (χ1n) is 11.1. The van der Waals surface area contributed by atoms with E-state index in [1.165, 1.54) is 12.1 Å². The average Bonchev–Trinajstić information content (AvgIpc) is 3.21. The Hall–Kier alpha value is -3.10. The predicted molar refractivity (Wildman–Crippen MR) is 131 cm³/mol. The molecule has 0 unspecified atom stereocenters. The summed E-state index contributed by atoms with van der Waals surface area (Å²) in [5.41, 5.74) is 2.85. The molecule has 0 saturated heterocycles. The maximum absolute atomic E-state index is 14.2. The fourth-order valence-corrected chi connectivity index (χ4v) is 4.47. The van der Waals surface area contributed by atoms with E-state index < -0.39 is 8.07 Å². The third-order valence-electron chi connectivity index (χ3n) is 5.61. The monoisotopic (exact) mass is 464 g/mol. The molecule has 6 nitrogen and oxygen atoms in total. The van der Waals surface area contributed by atoms with E-state index in [2.05, 4.69) is 24.6 Å². The molecule has 2 aromatic heterocycles. The number of hydrogen-bond donors (Lipinski definition) is 0. The lowest BCUT2D eigenvalue weighted by Crippen LogP contribution is -2.35. The van der Waals surface area contributed by atoms with Gasteiger partial charge in [0.15, 0.2) is 0 Å². The van der Waals surface area contributed by atoms with Crippen molar-refractivity contribution in [1.29, 1.82) is 0 Å². The lowest BCUT2D eigenvalue weighted by molar-refractivity contribution is -0.114. The molecule has 0 saturated carbocycles. The van der Waals surface area contributed by atoms with Crippen molar-refractivity contribution in [2.45, 2.75) is 38.8 Å². The molecule has 172 valence electrons. The molecule has 0 N–H and O–H groups in total. The maximum atomic E-state index is 14.2. The molecular formula is C25H29FN4O2Si. The number of ether oxygens (including phenoxy) is 1. The summed E-state index contributed by atoms with van der Waals surface area (Å²) < 4.78 is 21.9. The Morgan fingerprint density at radius 1 is 1.12 bits per heavy atom. The zero-order chi connectivity index (χ0) is 23.4. The van der Waals surface area contributed by atoms with Crippen LogP contribution < -0.4 is 4.90 Å². The van der Waals surface area contributed by atoms with Gasteiger partial charge in [-0.1, -0.05) is 37.8 Å². The first-order valence-corrected chi connectivity index (χ1v) is 14.9. The summed E-state index contributed by atoms with van der Waals surface area (Å²) >= 11 is 0. The van der Waals surface area contributed by atoms with Crippen LogP contribution in [0.1, 0.15) is 12.0 Å². The Balaban J connectivity index is 1.59. The van der Waals surface area contributed by atoms with E-state index in [1.54, 1.807) is 40.2 Å². The molecular weight excluding hydrogens is 435 g/mol. The van der Waals surface area contributed by atoms with E-state index in [9.17, 15) is 9.18 Å². The van der Waals surface area contributed by atoms with Crippen LogP contribution in [0.3, 0.4) is 0 Å². The molecule has 1 aliphatic rings. The Bertz CT molecular complexity index is 1150. The first kappa shape index (κ1) is 23.1. The normalized spacial score (nSPS) is 14.5. The molecule has 3 heterocycles. The Labute approximate surface area is 194 Å². The summed E-state index contributed by atoms with van der Waals surface area (Å²) in [5, 5.41) is 4.72. The molecule has 0 atom stereocenters.